The Kier molecular flexibility index (Phi) is 5.76. The number of carbonyl (C=O) groups excluding carboxylic acids is 2. The van der Waals surface area contributed by atoms with E-state index in [1.54, 1.807) is 26.2 Å². The normalized spacial score (nSPS) is 18.5. The highest BCUT2D eigenvalue weighted by atomic mass is 35.5. The first-order valence-electron chi connectivity index (χ1n) is 8.51. The number of nitrogens with zero attached hydrogens (tertiary/aromatic N) is 1. The fourth-order valence-electron chi connectivity index (χ4n) is 3.01. The minimum absolute atomic E-state index is 0.100. The van der Waals surface area contributed by atoms with Crippen LogP contribution < -0.4 is 10.1 Å². The van der Waals surface area contributed by atoms with Crippen molar-refractivity contribution >= 4 is 29.2 Å². The Morgan fingerprint density at radius 3 is 2.85 bits per heavy atom. The van der Waals surface area contributed by atoms with Gasteiger partial charge in [0.2, 0.25) is 0 Å². The number of hydrogen-bond acceptors (Lipinski definition) is 5. The number of rotatable bonds is 6. The van der Waals surface area contributed by atoms with E-state index in [0.29, 0.717) is 28.7 Å². The number of hydrogen-bond donors (Lipinski definition) is 1. The molecular weight excluding hydrogens is 368 g/mol. The molecule has 1 aliphatic carbocycles. The van der Waals surface area contributed by atoms with Gasteiger partial charge in [-0.25, -0.2) is 9.79 Å². The Balaban J connectivity index is 1.98. The van der Waals surface area contributed by atoms with Crippen molar-refractivity contribution in [2.75, 3.05) is 13.7 Å². The van der Waals surface area contributed by atoms with Gasteiger partial charge >= 0.3 is 5.97 Å². The van der Waals surface area contributed by atoms with Crippen LogP contribution >= 0.6 is 11.6 Å². The summed E-state index contributed by atoms with van der Waals surface area (Å²) >= 11 is 6.21. The van der Waals surface area contributed by atoms with Crippen LogP contribution in [0.2, 0.25) is 0 Å². The van der Waals surface area contributed by atoms with Crippen molar-refractivity contribution in [3.8, 4) is 5.75 Å². The van der Waals surface area contributed by atoms with Crippen LogP contribution in [-0.4, -0.2) is 31.3 Å². The van der Waals surface area contributed by atoms with E-state index in [-0.39, 0.29) is 12.2 Å². The highest BCUT2D eigenvalue weighted by molar-refractivity contribution is 6.46. The summed E-state index contributed by atoms with van der Waals surface area (Å²) < 4.78 is 10.4. The summed E-state index contributed by atoms with van der Waals surface area (Å²) in [6.45, 7) is 2.20. The van der Waals surface area contributed by atoms with Crippen LogP contribution in [0.15, 0.2) is 63.8 Å². The molecule has 1 heterocycles. The SMILES string of the molecule is CCOC(=O)C1=C(NCc2ccccc2OC)C2C=CC=C(Cl)C2=NC1=O. The minimum Gasteiger partial charge on any atom is -0.496 e. The number of esters is 1. The van der Waals surface area contributed by atoms with Crippen LogP contribution in [-0.2, 0) is 20.9 Å². The molecule has 27 heavy (non-hydrogen) atoms. The van der Waals surface area contributed by atoms with Crippen molar-refractivity contribution in [1.29, 1.82) is 0 Å². The van der Waals surface area contributed by atoms with Crippen LogP contribution in [0.25, 0.3) is 0 Å². The van der Waals surface area contributed by atoms with Gasteiger partial charge in [0.15, 0.2) is 0 Å². The Morgan fingerprint density at radius 2 is 2.11 bits per heavy atom. The zero-order chi connectivity index (χ0) is 19.4. The number of methoxy groups -OCH3 is 1. The smallest absolute Gasteiger partial charge is 0.345 e. The number of halogens is 1. The molecule has 3 rings (SSSR count). The van der Waals surface area contributed by atoms with Crippen LogP contribution in [0.4, 0.5) is 0 Å². The number of fused-ring (bicyclic) bond motifs is 1. The molecule has 140 valence electrons. The molecule has 6 nitrogen and oxygen atoms in total. The second-order valence-corrected chi connectivity index (χ2v) is 6.26. The van der Waals surface area contributed by atoms with Gasteiger partial charge in [0.1, 0.15) is 11.3 Å². The number of carbonyl (C=O) groups is 2. The highest BCUT2D eigenvalue weighted by Gasteiger charge is 2.36. The lowest BCUT2D eigenvalue weighted by Gasteiger charge is -2.27. The van der Waals surface area contributed by atoms with Crippen LogP contribution in [0, 0.1) is 5.92 Å². The number of para-hydroxylation sites is 1. The largest absolute Gasteiger partial charge is 0.496 e. The molecule has 0 fully saturated rings. The van der Waals surface area contributed by atoms with Crippen molar-refractivity contribution in [3.05, 3.63) is 64.4 Å². The van der Waals surface area contributed by atoms with Gasteiger partial charge in [0.25, 0.3) is 5.91 Å². The van der Waals surface area contributed by atoms with Gasteiger partial charge in [0.05, 0.1) is 30.4 Å². The summed E-state index contributed by atoms with van der Waals surface area (Å²) in [6, 6.07) is 7.50. The first-order chi connectivity index (χ1) is 13.1. The van der Waals surface area contributed by atoms with Crippen LogP contribution in [0.3, 0.4) is 0 Å². The standard InChI is InChI=1S/C20H19ClN2O4/c1-3-27-20(25)16-18(22-11-12-7-4-5-10-15(12)26-2)13-8-6-9-14(21)17(13)23-19(16)24/h4-10,13,22H,3,11H2,1-2H3. The second-order valence-electron chi connectivity index (χ2n) is 5.85. The van der Waals surface area contributed by atoms with E-state index in [1.807, 2.05) is 30.3 Å². The zero-order valence-corrected chi connectivity index (χ0v) is 15.7. The lowest BCUT2D eigenvalue weighted by atomic mass is 9.88. The summed E-state index contributed by atoms with van der Waals surface area (Å²) in [5, 5.41) is 3.58. The molecule has 1 atom stereocenters. The van der Waals surface area contributed by atoms with Crippen LogP contribution in [0.5, 0.6) is 5.75 Å². The molecular formula is C20H19ClN2O4. The molecule has 0 saturated heterocycles. The third kappa shape index (κ3) is 3.80. The number of dihydropyridines is 1. The Morgan fingerprint density at radius 1 is 1.33 bits per heavy atom. The molecule has 0 radical (unpaired) electrons. The molecule has 2 aliphatic rings. The second kappa shape index (κ2) is 8.22. The number of benzene rings is 1. The third-order valence-corrected chi connectivity index (χ3v) is 4.56. The van der Waals surface area contributed by atoms with E-state index in [0.717, 1.165) is 5.56 Å². The van der Waals surface area contributed by atoms with Crippen molar-refractivity contribution in [2.24, 2.45) is 10.9 Å². The average Bonchev–Trinajstić information content (AvgIpc) is 2.67. The molecule has 0 spiro atoms. The van der Waals surface area contributed by atoms with E-state index in [1.165, 1.54) is 0 Å². The van der Waals surface area contributed by atoms with Gasteiger partial charge < -0.3 is 14.8 Å². The van der Waals surface area contributed by atoms with Gasteiger partial charge in [-0.15, -0.1) is 0 Å². The Bertz CT molecular complexity index is 899. The predicted molar refractivity (Wildman–Crippen MR) is 103 cm³/mol. The van der Waals surface area contributed by atoms with Crippen LogP contribution in [0.1, 0.15) is 12.5 Å². The van der Waals surface area contributed by atoms with E-state index in [2.05, 4.69) is 10.3 Å². The number of aliphatic imine (C=N–C) groups is 1. The zero-order valence-electron chi connectivity index (χ0n) is 15.0. The molecule has 1 unspecified atom stereocenters. The quantitative estimate of drug-likeness (QED) is 0.601. The van der Waals surface area contributed by atoms with E-state index in [9.17, 15) is 9.59 Å². The highest BCUT2D eigenvalue weighted by Crippen LogP contribution is 2.31. The molecule has 0 saturated carbocycles. The molecule has 0 bridgehead atoms. The molecule has 1 N–H and O–H groups in total. The van der Waals surface area contributed by atoms with Gasteiger partial charge in [-0.2, -0.15) is 0 Å². The third-order valence-electron chi connectivity index (χ3n) is 4.24. The minimum atomic E-state index is -0.702. The first-order valence-corrected chi connectivity index (χ1v) is 8.89. The van der Waals surface area contributed by atoms with Gasteiger partial charge in [-0.1, -0.05) is 42.0 Å². The van der Waals surface area contributed by atoms with Gasteiger partial charge in [-0.3, -0.25) is 4.79 Å². The van der Waals surface area contributed by atoms with E-state index < -0.39 is 17.8 Å². The molecule has 7 heteroatoms. The molecule has 1 amide bonds. The fraction of sp³-hybridized carbons (Fsp3) is 0.250. The molecule has 1 aromatic rings. The Labute approximate surface area is 162 Å². The average molecular weight is 387 g/mol. The maximum absolute atomic E-state index is 12.5. The monoisotopic (exact) mass is 386 g/mol. The fourth-order valence-corrected chi connectivity index (χ4v) is 3.24. The van der Waals surface area contributed by atoms with Gasteiger partial charge in [0, 0.05) is 17.8 Å². The van der Waals surface area contributed by atoms with Crippen molar-refractivity contribution < 1.29 is 19.1 Å². The number of ether oxygens (including phenoxy) is 2. The molecule has 1 aromatic carbocycles. The first kappa shape index (κ1) is 18.9. The maximum Gasteiger partial charge on any atom is 0.345 e. The molecule has 0 aromatic heterocycles. The number of amides is 1. The number of nitrogens with one attached hydrogen (secondary N) is 1. The summed E-state index contributed by atoms with van der Waals surface area (Å²) in [4.78, 5) is 28.9. The maximum atomic E-state index is 12.5. The predicted octanol–water partition coefficient (Wildman–Crippen LogP) is 2.89. The summed E-state index contributed by atoms with van der Waals surface area (Å²) in [6.07, 6.45) is 5.27. The van der Waals surface area contributed by atoms with Crippen molar-refractivity contribution in [1.82, 2.24) is 5.32 Å². The summed E-state index contributed by atoms with van der Waals surface area (Å²) in [5.41, 5.74) is 1.63. The lowest BCUT2D eigenvalue weighted by Crippen LogP contribution is -2.36. The van der Waals surface area contributed by atoms with E-state index in [4.69, 9.17) is 21.1 Å². The lowest BCUT2D eigenvalue weighted by molar-refractivity contribution is -0.140. The number of allylic oxidation sites excluding steroid dienone is 4. The Hall–Kier alpha value is -2.86. The van der Waals surface area contributed by atoms with E-state index >= 15 is 0 Å². The summed E-state index contributed by atoms with van der Waals surface area (Å²) in [7, 11) is 1.59. The van der Waals surface area contributed by atoms with Crippen molar-refractivity contribution in [3.63, 3.8) is 0 Å². The van der Waals surface area contributed by atoms with Gasteiger partial charge in [-0.05, 0) is 19.1 Å². The topological polar surface area (TPSA) is 77.0 Å². The molecule has 1 aliphatic heterocycles. The summed E-state index contributed by atoms with van der Waals surface area (Å²) in [5.74, 6) is -1.08. The van der Waals surface area contributed by atoms with Crippen molar-refractivity contribution in [2.45, 2.75) is 13.5 Å².